The Kier molecular flexibility index (Phi) is 15.3. The van der Waals surface area contributed by atoms with E-state index in [1.807, 2.05) is 6.92 Å². The Balaban J connectivity index is 0. The maximum absolute atomic E-state index is 11.4. The van der Waals surface area contributed by atoms with Crippen LogP contribution in [0.3, 0.4) is 0 Å². The normalized spacial score (nSPS) is 16.8. The fraction of sp³-hybridized carbons (Fsp3) is 0.524. The number of carbonyl (C=O) groups excluding carboxylic acids is 4. The zero-order chi connectivity index (χ0) is 21.3. The van der Waals surface area contributed by atoms with Gasteiger partial charge in [0.2, 0.25) is 5.97 Å². The standard InChI is InChI=1S/C11H13O4.C10H14O3.Na.H2O/c1-4-15-11(13)9-6-5-8(7(9)2)10(12)14-3;1-3-7-5-8(11)6-9(7)10(12)13-4-2;;/h4,6H2,1-3H3;5,9H,3-4,6H2,1-2H3;;1H2/q-1;;+1;/p-1. The average molecular weight is 431 g/mol. The van der Waals surface area contributed by atoms with E-state index in [0.717, 1.165) is 12.0 Å². The third-order valence-corrected chi connectivity index (χ3v) is 4.36. The number of allylic oxidation sites excluding steroid dienone is 2. The van der Waals surface area contributed by atoms with Crippen molar-refractivity contribution in [3.8, 4) is 0 Å². The molecule has 1 atom stereocenters. The van der Waals surface area contributed by atoms with E-state index in [2.05, 4.69) is 10.8 Å². The van der Waals surface area contributed by atoms with Gasteiger partial charge in [0.25, 0.3) is 0 Å². The number of esters is 3. The summed E-state index contributed by atoms with van der Waals surface area (Å²) in [4.78, 5) is 45.1. The molecule has 0 bridgehead atoms. The minimum Gasteiger partial charge on any atom is -0.870 e. The van der Waals surface area contributed by atoms with Crippen LogP contribution in [-0.2, 0) is 33.4 Å². The molecule has 8 nitrogen and oxygen atoms in total. The molecule has 2 aliphatic carbocycles. The Morgan fingerprint density at radius 1 is 1.10 bits per heavy atom. The summed E-state index contributed by atoms with van der Waals surface area (Å²) in [5, 5.41) is 0. The SMILES string of the molecule is CCOC(=O)C1=C(C)C(C(=O)OC)=[C-]C1.CCOC(=O)C1CC(=O)C=C1CC.[Na+].[OH-]. The molecule has 0 saturated heterocycles. The van der Waals surface area contributed by atoms with Crippen LogP contribution in [0.1, 0.15) is 47.0 Å². The van der Waals surface area contributed by atoms with Gasteiger partial charge in [-0.25, -0.2) is 4.79 Å². The van der Waals surface area contributed by atoms with Gasteiger partial charge in [-0.1, -0.05) is 25.8 Å². The third-order valence-electron chi connectivity index (χ3n) is 4.36. The predicted octanol–water partition coefficient (Wildman–Crippen LogP) is -0.526. The van der Waals surface area contributed by atoms with Gasteiger partial charge in [-0.05, 0) is 31.9 Å². The maximum Gasteiger partial charge on any atom is 1.00 e. The van der Waals surface area contributed by atoms with E-state index in [1.54, 1.807) is 26.8 Å². The van der Waals surface area contributed by atoms with E-state index < -0.39 is 5.97 Å². The van der Waals surface area contributed by atoms with Crippen LogP contribution in [0, 0.1) is 12.0 Å². The number of ether oxygens (including phenoxy) is 3. The van der Waals surface area contributed by atoms with Crippen LogP contribution in [0.4, 0.5) is 0 Å². The Labute approximate surface area is 199 Å². The fourth-order valence-electron chi connectivity index (χ4n) is 2.89. The van der Waals surface area contributed by atoms with E-state index in [4.69, 9.17) is 9.47 Å². The molecule has 0 aromatic carbocycles. The van der Waals surface area contributed by atoms with Crippen molar-refractivity contribution in [3.63, 3.8) is 0 Å². The second-order valence-corrected chi connectivity index (χ2v) is 6.09. The van der Waals surface area contributed by atoms with Gasteiger partial charge in [-0.3, -0.25) is 9.59 Å². The van der Waals surface area contributed by atoms with Gasteiger partial charge in [0.15, 0.2) is 5.78 Å². The molecule has 1 unspecified atom stereocenters. The zero-order valence-electron chi connectivity index (χ0n) is 18.5. The summed E-state index contributed by atoms with van der Waals surface area (Å²) >= 11 is 0. The van der Waals surface area contributed by atoms with E-state index >= 15 is 0 Å². The number of hydrogen-bond acceptors (Lipinski definition) is 8. The quantitative estimate of drug-likeness (QED) is 0.238. The minimum atomic E-state index is -0.466. The molecule has 0 radical (unpaired) electrons. The first-order valence-electron chi connectivity index (χ1n) is 9.26. The van der Waals surface area contributed by atoms with Crippen molar-refractivity contribution in [2.24, 2.45) is 5.92 Å². The van der Waals surface area contributed by atoms with Crippen molar-refractivity contribution in [2.75, 3.05) is 20.3 Å². The third kappa shape index (κ3) is 8.18. The molecule has 162 valence electrons. The smallest absolute Gasteiger partial charge is 0.870 e. The van der Waals surface area contributed by atoms with Crippen LogP contribution in [0.25, 0.3) is 0 Å². The molecular formula is C21H28NaO8-. The van der Waals surface area contributed by atoms with Gasteiger partial charge in [0, 0.05) is 6.42 Å². The summed E-state index contributed by atoms with van der Waals surface area (Å²) in [7, 11) is 1.30. The molecule has 0 aromatic heterocycles. The summed E-state index contributed by atoms with van der Waals surface area (Å²) in [6.07, 6.45) is 5.74. The van der Waals surface area contributed by atoms with Crippen LogP contribution < -0.4 is 29.6 Å². The van der Waals surface area contributed by atoms with Gasteiger partial charge < -0.3 is 24.5 Å². The van der Waals surface area contributed by atoms with Crippen LogP contribution in [0.5, 0.6) is 0 Å². The van der Waals surface area contributed by atoms with Gasteiger partial charge in [0.05, 0.1) is 26.2 Å². The average Bonchev–Trinajstić information content (AvgIpc) is 3.24. The Morgan fingerprint density at radius 2 is 1.70 bits per heavy atom. The molecular weight excluding hydrogens is 403 g/mol. The Hall–Kier alpha value is -1.74. The van der Waals surface area contributed by atoms with Gasteiger partial charge >= 0.3 is 41.5 Å². The fourth-order valence-corrected chi connectivity index (χ4v) is 2.89. The molecule has 0 aliphatic heterocycles. The molecule has 0 aromatic rings. The van der Waals surface area contributed by atoms with Crippen LogP contribution in [-0.4, -0.2) is 49.5 Å². The first-order valence-corrected chi connectivity index (χ1v) is 9.26. The Morgan fingerprint density at radius 3 is 2.20 bits per heavy atom. The summed E-state index contributed by atoms with van der Waals surface area (Å²) in [5.41, 5.74) is 2.32. The Bertz CT molecular complexity index is 733. The van der Waals surface area contributed by atoms with E-state index in [0.29, 0.717) is 42.8 Å². The molecule has 30 heavy (non-hydrogen) atoms. The van der Waals surface area contributed by atoms with Crippen molar-refractivity contribution in [1.29, 1.82) is 0 Å². The number of ketones is 1. The summed E-state index contributed by atoms with van der Waals surface area (Å²) in [5.74, 6) is -1.39. The zero-order valence-corrected chi connectivity index (χ0v) is 20.5. The van der Waals surface area contributed by atoms with Crippen LogP contribution in [0.15, 0.2) is 28.4 Å². The molecule has 1 N–H and O–H groups in total. The van der Waals surface area contributed by atoms with Crippen molar-refractivity contribution < 1.29 is 68.4 Å². The second kappa shape index (κ2) is 15.1. The predicted molar refractivity (Wildman–Crippen MR) is 103 cm³/mol. The second-order valence-electron chi connectivity index (χ2n) is 6.09. The first kappa shape index (κ1) is 30.5. The van der Waals surface area contributed by atoms with Crippen LogP contribution in [0.2, 0.25) is 0 Å². The van der Waals surface area contributed by atoms with Crippen molar-refractivity contribution in [1.82, 2.24) is 0 Å². The molecule has 2 aliphatic rings. The van der Waals surface area contributed by atoms with Crippen molar-refractivity contribution in [2.45, 2.75) is 47.0 Å². The number of hydrogen-bond donors (Lipinski definition) is 0. The monoisotopic (exact) mass is 431 g/mol. The van der Waals surface area contributed by atoms with Gasteiger partial charge in [-0.2, -0.15) is 6.08 Å². The van der Waals surface area contributed by atoms with Crippen molar-refractivity contribution >= 4 is 23.7 Å². The number of carbonyl (C=O) groups is 4. The topological polar surface area (TPSA) is 126 Å². The molecule has 0 saturated carbocycles. The number of methoxy groups -OCH3 is 1. The largest absolute Gasteiger partial charge is 1.00 e. The molecule has 0 fully saturated rings. The molecule has 9 heteroatoms. The van der Waals surface area contributed by atoms with E-state index in [-0.39, 0.29) is 58.7 Å². The minimum absolute atomic E-state index is 0. The van der Waals surface area contributed by atoms with Crippen LogP contribution >= 0.6 is 0 Å². The summed E-state index contributed by atoms with van der Waals surface area (Å²) in [6, 6.07) is 0. The van der Waals surface area contributed by atoms with Crippen molar-refractivity contribution in [3.05, 3.63) is 34.4 Å². The summed E-state index contributed by atoms with van der Waals surface area (Å²) in [6.45, 7) is 7.84. The molecule has 0 heterocycles. The summed E-state index contributed by atoms with van der Waals surface area (Å²) < 4.78 is 14.3. The molecule has 2 rings (SSSR count). The molecule has 0 amide bonds. The van der Waals surface area contributed by atoms with Gasteiger partial charge in [0.1, 0.15) is 0 Å². The van der Waals surface area contributed by atoms with Gasteiger partial charge in [-0.15, -0.1) is 11.1 Å². The van der Waals surface area contributed by atoms with E-state index in [9.17, 15) is 19.2 Å². The first-order chi connectivity index (χ1) is 13.3. The number of rotatable bonds is 6. The molecule has 0 spiro atoms. The maximum atomic E-state index is 11.4. The van der Waals surface area contributed by atoms with E-state index in [1.165, 1.54) is 7.11 Å².